The van der Waals surface area contributed by atoms with E-state index in [1.807, 2.05) is 0 Å². The first-order valence-electron chi connectivity index (χ1n) is 5.20. The lowest BCUT2D eigenvalue weighted by Crippen LogP contribution is -2.25. The molecule has 0 saturated heterocycles. The molecule has 14 heavy (non-hydrogen) atoms. The van der Waals surface area contributed by atoms with Crippen molar-refractivity contribution >= 4 is 11.6 Å². The van der Waals surface area contributed by atoms with Crippen LogP contribution in [0, 0.1) is 5.92 Å². The van der Waals surface area contributed by atoms with Crippen molar-refractivity contribution in [1.29, 1.82) is 0 Å². The van der Waals surface area contributed by atoms with Gasteiger partial charge in [-0.3, -0.25) is 0 Å². The van der Waals surface area contributed by atoms with Gasteiger partial charge in [0.15, 0.2) is 5.15 Å². The minimum atomic E-state index is 0.585. The molecule has 1 aromatic heterocycles. The van der Waals surface area contributed by atoms with Gasteiger partial charge in [-0.25, -0.2) is 4.98 Å². The highest BCUT2D eigenvalue weighted by Crippen LogP contribution is 2.27. The minimum Gasteiger partial charge on any atom is -0.331 e. The van der Waals surface area contributed by atoms with Gasteiger partial charge in [-0.1, -0.05) is 18.5 Å². The number of nitrogens with two attached hydrogens (primary N) is 1. The molecular weight excluding hydrogens is 198 g/mol. The van der Waals surface area contributed by atoms with Crippen LogP contribution in [-0.2, 0) is 19.4 Å². The zero-order chi connectivity index (χ0) is 10.1. The molecule has 0 aliphatic carbocycles. The number of halogens is 1. The second kappa shape index (κ2) is 3.91. The lowest BCUT2D eigenvalue weighted by atomic mass is 9.96. The Hall–Kier alpha value is -0.540. The summed E-state index contributed by atoms with van der Waals surface area (Å²) in [6.07, 6.45) is 3.10. The molecule has 0 fully saturated rings. The number of imidazole rings is 1. The van der Waals surface area contributed by atoms with E-state index in [0.717, 1.165) is 38.2 Å². The normalized spacial score (nSPS) is 20.9. The van der Waals surface area contributed by atoms with Gasteiger partial charge in [0.25, 0.3) is 0 Å². The molecule has 1 aromatic rings. The molecule has 0 spiro atoms. The minimum absolute atomic E-state index is 0.585. The van der Waals surface area contributed by atoms with Gasteiger partial charge in [-0.2, -0.15) is 0 Å². The van der Waals surface area contributed by atoms with Crippen molar-refractivity contribution < 1.29 is 0 Å². The van der Waals surface area contributed by atoms with Gasteiger partial charge in [0.2, 0.25) is 0 Å². The van der Waals surface area contributed by atoms with Crippen LogP contribution in [0.4, 0.5) is 0 Å². The Kier molecular flexibility index (Phi) is 2.79. The number of fused-ring (bicyclic) bond motifs is 1. The molecule has 3 nitrogen and oxygen atoms in total. The van der Waals surface area contributed by atoms with E-state index in [1.54, 1.807) is 0 Å². The number of hydrogen-bond acceptors (Lipinski definition) is 2. The van der Waals surface area contributed by atoms with Gasteiger partial charge in [0.1, 0.15) is 5.82 Å². The van der Waals surface area contributed by atoms with Gasteiger partial charge in [-0.15, -0.1) is 0 Å². The molecule has 0 amide bonds. The van der Waals surface area contributed by atoms with Crippen molar-refractivity contribution in [2.24, 2.45) is 11.7 Å². The molecule has 0 bridgehead atoms. The Bertz CT molecular complexity index is 332. The molecule has 2 N–H and O–H groups in total. The van der Waals surface area contributed by atoms with Crippen LogP contribution >= 0.6 is 11.6 Å². The average molecular weight is 214 g/mol. The Balaban J connectivity index is 2.33. The fourth-order valence-electron chi connectivity index (χ4n) is 2.12. The molecule has 2 heterocycles. The molecule has 0 aromatic carbocycles. The summed E-state index contributed by atoms with van der Waals surface area (Å²) < 4.78 is 2.26. The second-order valence-electron chi connectivity index (χ2n) is 3.87. The largest absolute Gasteiger partial charge is 0.331 e. The molecule has 1 aliphatic rings. The molecule has 2 rings (SSSR count). The van der Waals surface area contributed by atoms with Crippen LogP contribution < -0.4 is 5.73 Å². The fraction of sp³-hybridized carbons (Fsp3) is 0.700. The summed E-state index contributed by atoms with van der Waals surface area (Å²) in [5.41, 5.74) is 6.86. The van der Waals surface area contributed by atoms with Crippen molar-refractivity contribution in [3.8, 4) is 0 Å². The van der Waals surface area contributed by atoms with Crippen molar-refractivity contribution in [1.82, 2.24) is 9.55 Å². The number of hydrogen-bond donors (Lipinski definition) is 1. The quantitative estimate of drug-likeness (QED) is 0.812. The highest BCUT2D eigenvalue weighted by atomic mass is 35.5. The van der Waals surface area contributed by atoms with E-state index < -0.39 is 0 Å². The van der Waals surface area contributed by atoms with E-state index in [4.69, 9.17) is 17.3 Å². The first kappa shape index (κ1) is 9.99. The molecule has 1 atom stereocenters. The second-order valence-corrected chi connectivity index (χ2v) is 4.22. The average Bonchev–Trinajstić information content (AvgIpc) is 2.55. The lowest BCUT2D eigenvalue weighted by Gasteiger charge is -2.23. The van der Waals surface area contributed by atoms with Gasteiger partial charge in [-0.05, 0) is 25.3 Å². The third kappa shape index (κ3) is 1.55. The van der Waals surface area contributed by atoms with Crippen LogP contribution in [0.25, 0.3) is 0 Å². The third-order valence-corrected chi connectivity index (χ3v) is 3.30. The van der Waals surface area contributed by atoms with Crippen molar-refractivity contribution in [2.75, 3.05) is 6.54 Å². The first-order valence-corrected chi connectivity index (χ1v) is 5.57. The van der Waals surface area contributed by atoms with Crippen LogP contribution in [0.2, 0.25) is 5.15 Å². The van der Waals surface area contributed by atoms with Crippen LogP contribution in [0.15, 0.2) is 0 Å². The Morgan fingerprint density at radius 3 is 3.07 bits per heavy atom. The fourth-order valence-corrected chi connectivity index (χ4v) is 2.40. The number of nitrogens with zero attached hydrogens (tertiary/aromatic N) is 2. The maximum absolute atomic E-state index is 6.09. The van der Waals surface area contributed by atoms with Gasteiger partial charge >= 0.3 is 0 Å². The summed E-state index contributed by atoms with van der Waals surface area (Å²) in [7, 11) is 0. The van der Waals surface area contributed by atoms with E-state index in [2.05, 4.69) is 16.5 Å². The summed E-state index contributed by atoms with van der Waals surface area (Å²) in [4.78, 5) is 4.37. The highest BCUT2D eigenvalue weighted by Gasteiger charge is 2.23. The zero-order valence-electron chi connectivity index (χ0n) is 8.46. The van der Waals surface area contributed by atoms with Crippen molar-refractivity contribution in [2.45, 2.75) is 32.7 Å². The smallest absolute Gasteiger partial charge is 0.150 e. The Labute approximate surface area is 89.3 Å². The van der Waals surface area contributed by atoms with E-state index in [0.29, 0.717) is 11.1 Å². The predicted octanol–water partition coefficient (Wildman–Crippen LogP) is 1.62. The van der Waals surface area contributed by atoms with Crippen LogP contribution in [0.5, 0.6) is 0 Å². The van der Waals surface area contributed by atoms with Crippen LogP contribution in [0.3, 0.4) is 0 Å². The SMILES string of the molecule is CCc1nc(Cl)c2n1CCC(CN)C2. The van der Waals surface area contributed by atoms with Gasteiger partial charge in [0, 0.05) is 13.0 Å². The molecule has 0 radical (unpaired) electrons. The molecule has 78 valence electrons. The number of aryl methyl sites for hydroxylation is 1. The zero-order valence-corrected chi connectivity index (χ0v) is 9.22. The topological polar surface area (TPSA) is 43.8 Å². The summed E-state index contributed by atoms with van der Waals surface area (Å²) in [5.74, 6) is 1.70. The van der Waals surface area contributed by atoms with E-state index >= 15 is 0 Å². The van der Waals surface area contributed by atoms with E-state index in [-0.39, 0.29) is 0 Å². The molecular formula is C10H16ClN3. The molecule has 0 saturated carbocycles. The van der Waals surface area contributed by atoms with E-state index in [1.165, 1.54) is 5.69 Å². The van der Waals surface area contributed by atoms with Crippen LogP contribution in [-0.4, -0.2) is 16.1 Å². The lowest BCUT2D eigenvalue weighted by molar-refractivity contribution is 0.390. The number of aromatic nitrogens is 2. The van der Waals surface area contributed by atoms with Gasteiger partial charge < -0.3 is 10.3 Å². The first-order chi connectivity index (χ1) is 6.76. The standard InChI is InChI=1S/C10H16ClN3/c1-2-9-13-10(11)8-5-7(6-12)3-4-14(8)9/h7H,2-6,12H2,1H3. The summed E-state index contributed by atoms with van der Waals surface area (Å²) >= 11 is 6.09. The van der Waals surface area contributed by atoms with E-state index in [9.17, 15) is 0 Å². The maximum atomic E-state index is 6.09. The summed E-state index contributed by atoms with van der Waals surface area (Å²) in [6.45, 7) is 3.89. The molecule has 4 heteroatoms. The highest BCUT2D eigenvalue weighted by molar-refractivity contribution is 6.30. The third-order valence-electron chi connectivity index (χ3n) is 3.00. The molecule has 1 unspecified atom stereocenters. The predicted molar refractivity (Wildman–Crippen MR) is 57.5 cm³/mol. The molecule has 1 aliphatic heterocycles. The number of rotatable bonds is 2. The summed E-state index contributed by atoms with van der Waals surface area (Å²) in [5, 5.41) is 0.681. The van der Waals surface area contributed by atoms with Crippen molar-refractivity contribution in [3.05, 3.63) is 16.7 Å². The van der Waals surface area contributed by atoms with Gasteiger partial charge in [0.05, 0.1) is 5.69 Å². The Morgan fingerprint density at radius 2 is 2.43 bits per heavy atom. The monoisotopic (exact) mass is 213 g/mol. The van der Waals surface area contributed by atoms with Crippen LogP contribution in [0.1, 0.15) is 24.9 Å². The maximum Gasteiger partial charge on any atom is 0.150 e. The van der Waals surface area contributed by atoms with Crippen molar-refractivity contribution in [3.63, 3.8) is 0 Å². The Morgan fingerprint density at radius 1 is 1.64 bits per heavy atom. The summed E-state index contributed by atoms with van der Waals surface area (Å²) in [6, 6.07) is 0.